The Bertz CT molecular complexity index is 614. The van der Waals surface area contributed by atoms with Gasteiger partial charge in [0.05, 0.1) is 0 Å². The van der Waals surface area contributed by atoms with Gasteiger partial charge in [0.15, 0.2) is 0 Å². The van der Waals surface area contributed by atoms with Gasteiger partial charge in [0.1, 0.15) is 5.25 Å². The molecule has 0 aliphatic heterocycles. The van der Waals surface area contributed by atoms with Gasteiger partial charge in [0.2, 0.25) is 0 Å². The van der Waals surface area contributed by atoms with Crippen LogP contribution < -0.4 is 0 Å². The molecule has 0 bridgehead atoms. The van der Waals surface area contributed by atoms with Crippen LogP contribution in [0.3, 0.4) is 0 Å². The average Bonchev–Trinajstić information content (AvgIpc) is 2.28. The van der Waals surface area contributed by atoms with Crippen molar-refractivity contribution in [1.82, 2.24) is 0 Å². The SMILES string of the molecule is Cc1cccc(C2(C)C=CC=CC2S(=O)(=O)O)c1. The van der Waals surface area contributed by atoms with E-state index in [1.165, 1.54) is 6.08 Å². The van der Waals surface area contributed by atoms with Crippen LogP contribution in [0.4, 0.5) is 0 Å². The van der Waals surface area contributed by atoms with Crippen molar-refractivity contribution >= 4 is 10.1 Å². The maximum atomic E-state index is 11.5. The van der Waals surface area contributed by atoms with Gasteiger partial charge < -0.3 is 0 Å². The molecule has 0 heterocycles. The maximum Gasteiger partial charge on any atom is 0.272 e. The molecule has 0 saturated heterocycles. The molecule has 3 nitrogen and oxygen atoms in total. The second kappa shape index (κ2) is 4.37. The van der Waals surface area contributed by atoms with E-state index in [0.29, 0.717) is 0 Å². The largest absolute Gasteiger partial charge is 0.285 e. The molecule has 0 radical (unpaired) electrons. The molecule has 0 saturated carbocycles. The molecular formula is C14H16O3S. The number of allylic oxidation sites excluding steroid dienone is 3. The van der Waals surface area contributed by atoms with E-state index in [2.05, 4.69) is 0 Å². The maximum absolute atomic E-state index is 11.5. The van der Waals surface area contributed by atoms with Gasteiger partial charge in [-0.15, -0.1) is 0 Å². The van der Waals surface area contributed by atoms with Crippen molar-refractivity contribution in [2.45, 2.75) is 24.5 Å². The molecule has 0 amide bonds. The lowest BCUT2D eigenvalue weighted by Crippen LogP contribution is -2.40. The Kier molecular flexibility index (Phi) is 3.17. The van der Waals surface area contributed by atoms with Gasteiger partial charge in [-0.05, 0) is 12.5 Å². The lowest BCUT2D eigenvalue weighted by atomic mass is 9.76. The van der Waals surface area contributed by atoms with E-state index in [4.69, 9.17) is 0 Å². The molecule has 1 aromatic carbocycles. The van der Waals surface area contributed by atoms with Gasteiger partial charge in [-0.3, -0.25) is 4.55 Å². The summed E-state index contributed by atoms with van der Waals surface area (Å²) in [4.78, 5) is 0. The number of hydrogen-bond donors (Lipinski definition) is 1. The van der Waals surface area contributed by atoms with Crippen molar-refractivity contribution in [1.29, 1.82) is 0 Å². The van der Waals surface area contributed by atoms with Crippen molar-refractivity contribution in [2.24, 2.45) is 0 Å². The minimum Gasteiger partial charge on any atom is -0.285 e. The fourth-order valence-electron chi connectivity index (χ4n) is 2.36. The van der Waals surface area contributed by atoms with Crippen molar-refractivity contribution < 1.29 is 13.0 Å². The summed E-state index contributed by atoms with van der Waals surface area (Å²) in [5.74, 6) is 0. The van der Waals surface area contributed by atoms with E-state index in [1.807, 2.05) is 50.3 Å². The van der Waals surface area contributed by atoms with E-state index >= 15 is 0 Å². The molecule has 1 aliphatic carbocycles. The Labute approximate surface area is 108 Å². The molecule has 0 fully saturated rings. The van der Waals surface area contributed by atoms with Gasteiger partial charge >= 0.3 is 0 Å². The number of benzene rings is 1. The summed E-state index contributed by atoms with van der Waals surface area (Å²) in [5, 5.41) is -0.947. The van der Waals surface area contributed by atoms with Crippen LogP contribution in [0.25, 0.3) is 0 Å². The molecule has 96 valence electrons. The molecule has 2 rings (SSSR count). The Balaban J connectivity index is 2.58. The fourth-order valence-corrected chi connectivity index (χ4v) is 3.49. The fraction of sp³-hybridized carbons (Fsp3) is 0.286. The van der Waals surface area contributed by atoms with Crippen LogP contribution in [0.2, 0.25) is 0 Å². The van der Waals surface area contributed by atoms with Crippen molar-refractivity contribution in [3.8, 4) is 0 Å². The second-order valence-electron chi connectivity index (χ2n) is 4.83. The van der Waals surface area contributed by atoms with Crippen LogP contribution >= 0.6 is 0 Å². The highest BCUT2D eigenvalue weighted by molar-refractivity contribution is 7.86. The molecule has 2 unspecified atom stereocenters. The molecule has 0 spiro atoms. The standard InChI is InChI=1S/C14H16O3S/c1-11-6-5-7-12(10-11)14(2)9-4-3-8-13(14)18(15,16)17/h3-10,13H,1-2H3,(H,15,16,17). The highest BCUT2D eigenvalue weighted by Crippen LogP contribution is 2.36. The van der Waals surface area contributed by atoms with Gasteiger partial charge in [-0.2, -0.15) is 8.42 Å². The van der Waals surface area contributed by atoms with E-state index in [-0.39, 0.29) is 0 Å². The Morgan fingerprint density at radius 2 is 2.00 bits per heavy atom. The minimum absolute atomic E-state index is 0.742. The van der Waals surface area contributed by atoms with Gasteiger partial charge in [-0.1, -0.05) is 61.1 Å². The third-order valence-corrected chi connectivity index (χ3v) is 4.68. The smallest absolute Gasteiger partial charge is 0.272 e. The van der Waals surface area contributed by atoms with E-state index in [1.54, 1.807) is 6.08 Å². The van der Waals surface area contributed by atoms with E-state index in [9.17, 15) is 13.0 Å². The summed E-state index contributed by atoms with van der Waals surface area (Å²) in [6.45, 7) is 3.78. The van der Waals surface area contributed by atoms with Crippen LogP contribution in [-0.2, 0) is 15.5 Å². The molecule has 1 aliphatic rings. The highest BCUT2D eigenvalue weighted by Gasteiger charge is 2.41. The van der Waals surface area contributed by atoms with Crippen LogP contribution in [-0.4, -0.2) is 18.2 Å². The monoisotopic (exact) mass is 264 g/mol. The number of hydrogen-bond acceptors (Lipinski definition) is 2. The van der Waals surface area contributed by atoms with Gasteiger partial charge in [0.25, 0.3) is 10.1 Å². The summed E-state index contributed by atoms with van der Waals surface area (Å²) in [6.07, 6.45) is 6.80. The predicted molar refractivity (Wildman–Crippen MR) is 72.1 cm³/mol. The average molecular weight is 264 g/mol. The molecule has 1 N–H and O–H groups in total. The molecule has 2 atom stereocenters. The van der Waals surface area contributed by atoms with E-state index in [0.717, 1.165) is 11.1 Å². The summed E-state index contributed by atoms with van der Waals surface area (Å²) in [5.41, 5.74) is 1.20. The quantitative estimate of drug-likeness (QED) is 0.835. The zero-order valence-corrected chi connectivity index (χ0v) is 11.2. The van der Waals surface area contributed by atoms with Crippen LogP contribution in [0.15, 0.2) is 48.6 Å². The molecule has 1 aromatic rings. The first-order valence-corrected chi connectivity index (χ1v) is 7.24. The predicted octanol–water partition coefficient (Wildman–Crippen LogP) is 2.64. The van der Waals surface area contributed by atoms with Crippen LogP contribution in [0.1, 0.15) is 18.1 Å². The molecule has 18 heavy (non-hydrogen) atoms. The normalized spacial score (nSPS) is 27.4. The highest BCUT2D eigenvalue weighted by atomic mass is 32.2. The molecular weight excluding hydrogens is 248 g/mol. The third kappa shape index (κ3) is 2.26. The van der Waals surface area contributed by atoms with Gasteiger partial charge in [0, 0.05) is 5.41 Å². The van der Waals surface area contributed by atoms with Crippen LogP contribution in [0, 0.1) is 6.92 Å². The van der Waals surface area contributed by atoms with Crippen molar-refractivity contribution in [3.63, 3.8) is 0 Å². The Hall–Kier alpha value is -1.39. The second-order valence-corrected chi connectivity index (χ2v) is 6.37. The van der Waals surface area contributed by atoms with Crippen molar-refractivity contribution in [2.75, 3.05) is 0 Å². The third-order valence-electron chi connectivity index (χ3n) is 3.39. The van der Waals surface area contributed by atoms with Crippen molar-refractivity contribution in [3.05, 3.63) is 59.7 Å². The van der Waals surface area contributed by atoms with E-state index < -0.39 is 20.8 Å². The van der Waals surface area contributed by atoms with Gasteiger partial charge in [-0.25, -0.2) is 0 Å². The lowest BCUT2D eigenvalue weighted by Gasteiger charge is -2.33. The number of aryl methyl sites for hydroxylation is 1. The Morgan fingerprint density at radius 3 is 2.61 bits per heavy atom. The zero-order valence-electron chi connectivity index (χ0n) is 10.4. The number of rotatable bonds is 2. The zero-order chi connectivity index (χ0) is 13.4. The first-order chi connectivity index (χ1) is 8.34. The summed E-state index contributed by atoms with van der Waals surface area (Å²) >= 11 is 0. The Morgan fingerprint density at radius 1 is 1.28 bits per heavy atom. The first-order valence-electron chi connectivity index (χ1n) is 5.73. The molecule has 0 aromatic heterocycles. The topological polar surface area (TPSA) is 54.4 Å². The molecule has 4 heteroatoms. The van der Waals surface area contributed by atoms with Crippen LogP contribution in [0.5, 0.6) is 0 Å². The summed E-state index contributed by atoms with van der Waals surface area (Å²) < 4.78 is 32.5. The lowest BCUT2D eigenvalue weighted by molar-refractivity contribution is 0.450. The first kappa shape index (κ1) is 13.1. The minimum atomic E-state index is -4.13. The summed E-state index contributed by atoms with van der Waals surface area (Å²) in [7, 11) is -4.13. The summed E-state index contributed by atoms with van der Waals surface area (Å²) in [6, 6.07) is 7.68.